The molecule has 0 aromatic heterocycles. The molecule has 2 amide bonds. The summed E-state index contributed by atoms with van der Waals surface area (Å²) < 4.78 is 33.8. The molecule has 5 rings (SSSR count). The van der Waals surface area contributed by atoms with Crippen LogP contribution >= 0.6 is 0 Å². The van der Waals surface area contributed by atoms with E-state index in [4.69, 9.17) is 4.74 Å². The maximum atomic E-state index is 13.5. The monoisotopic (exact) mass is 455 g/mol. The molecule has 3 aliphatic heterocycles. The molecule has 32 heavy (non-hydrogen) atoms. The van der Waals surface area contributed by atoms with Gasteiger partial charge in [-0.1, -0.05) is 18.2 Å². The molecule has 0 bridgehead atoms. The van der Waals surface area contributed by atoms with Crippen molar-refractivity contribution >= 4 is 33.2 Å². The van der Waals surface area contributed by atoms with Crippen LogP contribution in [0.3, 0.4) is 0 Å². The summed E-state index contributed by atoms with van der Waals surface area (Å²) in [7, 11) is -3.82. The lowest BCUT2D eigenvalue weighted by Gasteiger charge is -2.34. The van der Waals surface area contributed by atoms with E-state index in [0.717, 1.165) is 17.7 Å². The number of amides is 2. The second-order valence-corrected chi connectivity index (χ2v) is 10.4. The van der Waals surface area contributed by atoms with Gasteiger partial charge in [0.05, 0.1) is 16.5 Å². The third-order valence-corrected chi connectivity index (χ3v) is 8.42. The number of hydrogen-bond donors (Lipinski definition) is 1. The zero-order valence-corrected chi connectivity index (χ0v) is 18.7. The molecule has 0 spiro atoms. The number of sulfonamides is 1. The largest absolute Gasteiger partial charge is 0.482 e. The Balaban J connectivity index is 1.39. The van der Waals surface area contributed by atoms with Crippen LogP contribution in [0.1, 0.15) is 24.0 Å². The fourth-order valence-corrected chi connectivity index (χ4v) is 6.53. The Bertz CT molecular complexity index is 1210. The molecule has 2 aromatic rings. The van der Waals surface area contributed by atoms with Crippen molar-refractivity contribution < 1.29 is 22.7 Å². The summed E-state index contributed by atoms with van der Waals surface area (Å²) in [6.07, 6.45) is 2.12. The Labute approximate surface area is 187 Å². The van der Waals surface area contributed by atoms with Crippen LogP contribution in [-0.2, 0) is 26.0 Å². The molecule has 0 aliphatic carbocycles. The highest BCUT2D eigenvalue weighted by Gasteiger charge is 2.38. The number of hydrogen-bond acceptors (Lipinski definition) is 5. The van der Waals surface area contributed by atoms with Crippen LogP contribution in [0.15, 0.2) is 41.3 Å². The van der Waals surface area contributed by atoms with Gasteiger partial charge in [-0.15, -0.1) is 0 Å². The maximum Gasteiger partial charge on any atom is 0.262 e. The molecule has 2 aromatic carbocycles. The van der Waals surface area contributed by atoms with Gasteiger partial charge in [0.2, 0.25) is 15.9 Å². The Morgan fingerprint density at radius 1 is 1.19 bits per heavy atom. The summed E-state index contributed by atoms with van der Waals surface area (Å²) in [5.74, 6) is -0.318. The van der Waals surface area contributed by atoms with Crippen LogP contribution in [0.5, 0.6) is 5.75 Å². The smallest absolute Gasteiger partial charge is 0.262 e. The van der Waals surface area contributed by atoms with E-state index in [2.05, 4.69) is 5.32 Å². The van der Waals surface area contributed by atoms with Gasteiger partial charge in [0.25, 0.3) is 5.91 Å². The summed E-state index contributed by atoms with van der Waals surface area (Å²) in [5.41, 5.74) is 3.08. The molecule has 168 valence electrons. The molecular weight excluding hydrogens is 430 g/mol. The van der Waals surface area contributed by atoms with Crippen LogP contribution in [0.4, 0.5) is 11.4 Å². The minimum absolute atomic E-state index is 0.0111. The third kappa shape index (κ3) is 3.55. The standard InChI is InChI=1S/C23H25N3O5S/c1-15-11-18-20(31-14-22(27)24-18)12-21(15)32(29,30)25-9-4-6-17(13-25)23(28)26-10-8-16-5-2-3-7-19(16)26/h2-3,5,7,11-12,17H,4,6,8-10,13-14H2,1H3,(H,24,27)/t17-/m1/s1. The molecule has 0 radical (unpaired) electrons. The van der Waals surface area contributed by atoms with E-state index in [-0.39, 0.29) is 35.8 Å². The summed E-state index contributed by atoms with van der Waals surface area (Å²) in [6.45, 7) is 2.72. The molecule has 8 nitrogen and oxygen atoms in total. The first kappa shape index (κ1) is 21.0. The highest BCUT2D eigenvalue weighted by atomic mass is 32.2. The maximum absolute atomic E-state index is 13.5. The lowest BCUT2D eigenvalue weighted by Crippen LogP contribution is -2.46. The average molecular weight is 456 g/mol. The van der Waals surface area contributed by atoms with Gasteiger partial charge in [0, 0.05) is 31.4 Å². The zero-order valence-electron chi connectivity index (χ0n) is 17.8. The van der Waals surface area contributed by atoms with Crippen molar-refractivity contribution in [2.75, 3.05) is 36.5 Å². The van der Waals surface area contributed by atoms with Crippen LogP contribution < -0.4 is 15.0 Å². The van der Waals surface area contributed by atoms with Crippen molar-refractivity contribution in [2.24, 2.45) is 5.92 Å². The number of para-hydroxylation sites is 1. The first-order valence-electron chi connectivity index (χ1n) is 10.8. The number of anilines is 2. The van der Waals surface area contributed by atoms with Crippen LogP contribution in [-0.4, -0.2) is 50.8 Å². The molecular formula is C23H25N3O5S. The summed E-state index contributed by atoms with van der Waals surface area (Å²) in [5, 5.41) is 2.70. The molecule has 0 saturated carbocycles. The quantitative estimate of drug-likeness (QED) is 0.766. The second kappa shape index (κ2) is 7.90. The minimum atomic E-state index is -3.82. The van der Waals surface area contributed by atoms with E-state index in [1.807, 2.05) is 24.3 Å². The first-order valence-corrected chi connectivity index (χ1v) is 12.3. The second-order valence-electron chi connectivity index (χ2n) is 8.52. The fourth-order valence-electron chi connectivity index (χ4n) is 4.78. The van der Waals surface area contributed by atoms with Crippen molar-refractivity contribution in [3.8, 4) is 5.75 Å². The van der Waals surface area contributed by atoms with E-state index in [0.29, 0.717) is 42.9 Å². The fraction of sp³-hybridized carbons (Fsp3) is 0.391. The number of benzene rings is 2. The van der Waals surface area contributed by atoms with E-state index in [1.54, 1.807) is 17.9 Å². The molecule has 3 aliphatic rings. The van der Waals surface area contributed by atoms with Gasteiger partial charge in [-0.25, -0.2) is 8.42 Å². The van der Waals surface area contributed by atoms with Crippen molar-refractivity contribution in [3.63, 3.8) is 0 Å². The Morgan fingerprint density at radius 2 is 2.00 bits per heavy atom. The van der Waals surface area contributed by atoms with E-state index in [9.17, 15) is 18.0 Å². The number of fused-ring (bicyclic) bond motifs is 2. The Hall–Kier alpha value is -2.91. The summed E-state index contributed by atoms with van der Waals surface area (Å²) >= 11 is 0. The van der Waals surface area contributed by atoms with Crippen molar-refractivity contribution in [2.45, 2.75) is 31.1 Å². The van der Waals surface area contributed by atoms with Crippen molar-refractivity contribution in [1.29, 1.82) is 0 Å². The molecule has 1 saturated heterocycles. The zero-order chi connectivity index (χ0) is 22.5. The number of piperidine rings is 1. The Morgan fingerprint density at radius 3 is 2.84 bits per heavy atom. The molecule has 3 heterocycles. The van der Waals surface area contributed by atoms with Gasteiger partial charge in [-0.05, 0) is 49.4 Å². The summed E-state index contributed by atoms with van der Waals surface area (Å²) in [6, 6.07) is 11.0. The highest BCUT2D eigenvalue weighted by molar-refractivity contribution is 7.89. The predicted octanol–water partition coefficient (Wildman–Crippen LogP) is 2.32. The molecule has 9 heteroatoms. The SMILES string of the molecule is Cc1cc2c(cc1S(=O)(=O)N1CCC[C@@H](C(=O)N3CCc4ccccc43)C1)OCC(=O)N2. The van der Waals surface area contributed by atoms with Gasteiger partial charge >= 0.3 is 0 Å². The van der Waals surface area contributed by atoms with Crippen LogP contribution in [0.2, 0.25) is 0 Å². The number of carbonyl (C=O) groups excluding carboxylic acids is 2. The van der Waals surface area contributed by atoms with Gasteiger partial charge in [-0.2, -0.15) is 4.31 Å². The number of nitrogens with zero attached hydrogens (tertiary/aromatic N) is 2. The molecule has 1 atom stereocenters. The third-order valence-electron chi connectivity index (χ3n) is 6.41. The highest BCUT2D eigenvalue weighted by Crippen LogP contribution is 2.36. The number of ether oxygens (including phenoxy) is 1. The van der Waals surface area contributed by atoms with E-state index in [1.165, 1.54) is 10.4 Å². The van der Waals surface area contributed by atoms with Crippen LogP contribution in [0, 0.1) is 12.8 Å². The average Bonchev–Trinajstić information content (AvgIpc) is 3.22. The lowest BCUT2D eigenvalue weighted by atomic mass is 9.98. The van der Waals surface area contributed by atoms with E-state index >= 15 is 0 Å². The van der Waals surface area contributed by atoms with Gasteiger partial charge in [0.1, 0.15) is 5.75 Å². The number of rotatable bonds is 3. The Kier molecular flexibility index (Phi) is 5.17. The molecule has 0 unspecified atom stereocenters. The van der Waals surface area contributed by atoms with E-state index < -0.39 is 10.0 Å². The predicted molar refractivity (Wildman–Crippen MR) is 119 cm³/mol. The lowest BCUT2D eigenvalue weighted by molar-refractivity contribution is -0.123. The normalized spacial score (nSPS) is 20.8. The number of carbonyl (C=O) groups is 2. The van der Waals surface area contributed by atoms with Crippen molar-refractivity contribution in [3.05, 3.63) is 47.5 Å². The molecule has 1 fully saturated rings. The van der Waals surface area contributed by atoms with Crippen molar-refractivity contribution in [1.82, 2.24) is 4.31 Å². The molecule has 1 N–H and O–H groups in total. The van der Waals surface area contributed by atoms with Gasteiger partial charge in [0.15, 0.2) is 6.61 Å². The van der Waals surface area contributed by atoms with Gasteiger partial charge in [-0.3, -0.25) is 9.59 Å². The first-order chi connectivity index (χ1) is 15.3. The van der Waals surface area contributed by atoms with Crippen LogP contribution in [0.25, 0.3) is 0 Å². The van der Waals surface area contributed by atoms with Gasteiger partial charge < -0.3 is 15.0 Å². The minimum Gasteiger partial charge on any atom is -0.482 e. The summed E-state index contributed by atoms with van der Waals surface area (Å²) in [4.78, 5) is 26.8. The topological polar surface area (TPSA) is 96.0 Å². The number of nitrogens with one attached hydrogen (secondary N) is 1. The number of aryl methyl sites for hydroxylation is 1.